The van der Waals surface area contributed by atoms with Gasteiger partial charge >= 0.3 is 0 Å². The van der Waals surface area contributed by atoms with Gasteiger partial charge in [-0.25, -0.2) is 4.42 Å². The number of anilines is 1. The van der Waals surface area contributed by atoms with E-state index in [4.69, 9.17) is 30.7 Å². The Morgan fingerprint density at radius 1 is 0.933 bits per heavy atom. The number of hydrogen-bond donors (Lipinski definition) is 0. The van der Waals surface area contributed by atoms with Gasteiger partial charge in [-0.1, -0.05) is 6.07 Å². The number of amides is 1. The van der Waals surface area contributed by atoms with E-state index in [1.165, 1.54) is 35.4 Å². The summed E-state index contributed by atoms with van der Waals surface area (Å²) in [4.78, 5) is 25.1. The average Bonchev–Trinajstić information content (AvgIpc) is 2.77. The molecule has 0 radical (unpaired) electrons. The smallest absolute Gasteiger partial charge is 0.276 e. The number of rotatable bonds is 9. The normalized spacial score (nSPS) is 11.7. The molecular weight excluding hydrogens is 414 g/mol. The summed E-state index contributed by atoms with van der Waals surface area (Å²) in [6.45, 7) is 1.22. The van der Waals surface area contributed by atoms with E-state index in [1.54, 1.807) is 36.4 Å². The molecule has 9 nitrogen and oxygen atoms in total. The zero-order valence-corrected chi connectivity index (χ0v) is 18.0. The Balaban J connectivity index is 2.39. The summed E-state index contributed by atoms with van der Waals surface area (Å²) in [5.74, 6) is 0.172. The van der Waals surface area contributed by atoms with Crippen LogP contribution >= 0.6 is 11.8 Å². The van der Waals surface area contributed by atoms with Gasteiger partial charge < -0.3 is 18.9 Å². The number of carbonyl (C=O) groups excluding carboxylic acids is 2. The SMILES string of the molecule is COc1cc(N=NC(C(C)=O)C(=O)N(Cl)c2c(OC)cccc2OC)cc(OC)c1. The number of azo groups is 1. The molecule has 1 atom stereocenters. The molecule has 2 rings (SSSR count). The highest BCUT2D eigenvalue weighted by Gasteiger charge is 2.32. The zero-order valence-electron chi connectivity index (χ0n) is 17.2. The van der Waals surface area contributed by atoms with E-state index in [-0.39, 0.29) is 17.2 Å². The van der Waals surface area contributed by atoms with Gasteiger partial charge in [0.2, 0.25) is 6.04 Å². The first-order valence-corrected chi connectivity index (χ1v) is 9.05. The topological polar surface area (TPSA) is 99.0 Å². The summed E-state index contributed by atoms with van der Waals surface area (Å²) in [7, 11) is 5.82. The molecule has 0 bridgehead atoms. The van der Waals surface area contributed by atoms with E-state index < -0.39 is 17.7 Å². The minimum atomic E-state index is -1.48. The van der Waals surface area contributed by atoms with E-state index in [0.717, 1.165) is 4.42 Å². The van der Waals surface area contributed by atoms with Crippen LogP contribution in [-0.2, 0) is 9.59 Å². The fourth-order valence-electron chi connectivity index (χ4n) is 2.52. The van der Waals surface area contributed by atoms with E-state index in [2.05, 4.69) is 10.2 Å². The number of ketones is 1. The lowest BCUT2D eigenvalue weighted by Gasteiger charge is -2.21. The number of carbonyl (C=O) groups is 2. The Labute approximate surface area is 179 Å². The first kappa shape index (κ1) is 23.0. The van der Waals surface area contributed by atoms with Crippen molar-refractivity contribution in [1.29, 1.82) is 0 Å². The first-order chi connectivity index (χ1) is 14.4. The highest BCUT2D eigenvalue weighted by atomic mass is 35.5. The molecule has 2 aromatic rings. The molecule has 0 N–H and O–H groups in total. The van der Waals surface area contributed by atoms with Crippen molar-refractivity contribution < 1.29 is 28.5 Å². The summed E-state index contributed by atoms with van der Waals surface area (Å²) < 4.78 is 21.6. The molecule has 0 fully saturated rings. The van der Waals surface area contributed by atoms with Gasteiger partial charge in [0.05, 0.1) is 34.1 Å². The summed E-state index contributed by atoms with van der Waals surface area (Å²) >= 11 is 6.27. The molecule has 30 heavy (non-hydrogen) atoms. The zero-order chi connectivity index (χ0) is 22.3. The molecule has 10 heteroatoms. The van der Waals surface area contributed by atoms with Gasteiger partial charge in [-0.15, -0.1) is 0 Å². The summed E-state index contributed by atoms with van der Waals surface area (Å²) in [6.07, 6.45) is 0. The molecule has 160 valence electrons. The van der Waals surface area contributed by atoms with E-state index >= 15 is 0 Å². The predicted octanol–water partition coefficient (Wildman–Crippen LogP) is 3.95. The second kappa shape index (κ2) is 10.4. The number of halogens is 1. The van der Waals surface area contributed by atoms with Crippen LogP contribution in [0.3, 0.4) is 0 Å². The second-order valence-electron chi connectivity index (χ2n) is 5.93. The number of benzene rings is 2. The van der Waals surface area contributed by atoms with Gasteiger partial charge in [-0.05, 0) is 19.1 Å². The van der Waals surface area contributed by atoms with Gasteiger partial charge in [-0.2, -0.15) is 10.2 Å². The Kier molecular flexibility index (Phi) is 7.99. The van der Waals surface area contributed by atoms with Crippen molar-refractivity contribution in [3.8, 4) is 23.0 Å². The van der Waals surface area contributed by atoms with E-state index in [0.29, 0.717) is 17.2 Å². The highest BCUT2D eigenvalue weighted by Crippen LogP contribution is 2.39. The van der Waals surface area contributed by atoms with Crippen molar-refractivity contribution in [3.63, 3.8) is 0 Å². The molecule has 0 aliphatic carbocycles. The minimum Gasteiger partial charge on any atom is -0.497 e. The standard InChI is InChI=1S/C20H22ClN3O6/c1-12(25)18(23-22-13-9-14(27-2)11-15(10-13)28-3)20(26)24(21)19-16(29-4)7-6-8-17(19)30-5/h6-11,18H,1-5H3. The third-order valence-electron chi connectivity index (χ3n) is 4.04. The van der Waals surface area contributed by atoms with Crippen molar-refractivity contribution in [2.75, 3.05) is 32.9 Å². The molecular formula is C20H22ClN3O6. The van der Waals surface area contributed by atoms with Crippen LogP contribution in [0.4, 0.5) is 11.4 Å². The highest BCUT2D eigenvalue weighted by molar-refractivity contribution is 6.39. The van der Waals surface area contributed by atoms with E-state index in [9.17, 15) is 9.59 Å². The largest absolute Gasteiger partial charge is 0.497 e. The van der Waals surface area contributed by atoms with Crippen molar-refractivity contribution in [2.24, 2.45) is 10.2 Å². The lowest BCUT2D eigenvalue weighted by molar-refractivity contribution is -0.126. The summed E-state index contributed by atoms with van der Waals surface area (Å²) in [6, 6.07) is 8.22. The summed E-state index contributed by atoms with van der Waals surface area (Å²) in [5.41, 5.74) is 0.486. The number of ether oxygens (including phenoxy) is 4. The van der Waals surface area contributed by atoms with Gasteiger partial charge in [0.15, 0.2) is 5.78 Å². The molecule has 2 aromatic carbocycles. The first-order valence-electron chi connectivity index (χ1n) is 8.71. The number of Topliss-reactive ketones (excluding diaryl/α,β-unsaturated/α-hetero) is 1. The van der Waals surface area contributed by atoms with Crippen molar-refractivity contribution in [1.82, 2.24) is 0 Å². The summed E-state index contributed by atoms with van der Waals surface area (Å²) in [5, 5.41) is 7.91. The molecule has 0 saturated heterocycles. The van der Waals surface area contributed by atoms with Crippen LogP contribution < -0.4 is 23.4 Å². The Morgan fingerprint density at radius 2 is 1.47 bits per heavy atom. The molecule has 0 spiro atoms. The molecule has 1 unspecified atom stereocenters. The predicted molar refractivity (Wildman–Crippen MR) is 111 cm³/mol. The quantitative estimate of drug-likeness (QED) is 0.336. The Hall–Kier alpha value is -3.33. The molecule has 0 saturated carbocycles. The number of methoxy groups -OCH3 is 4. The van der Waals surface area contributed by atoms with Crippen LogP contribution in [-0.4, -0.2) is 46.2 Å². The minimum absolute atomic E-state index is 0.152. The molecule has 0 heterocycles. The number of hydrogen-bond acceptors (Lipinski definition) is 8. The van der Waals surface area contributed by atoms with Crippen molar-refractivity contribution in [2.45, 2.75) is 13.0 Å². The van der Waals surface area contributed by atoms with Gasteiger partial charge in [-0.3, -0.25) is 9.59 Å². The Morgan fingerprint density at radius 3 is 1.90 bits per heavy atom. The lowest BCUT2D eigenvalue weighted by atomic mass is 10.2. The van der Waals surface area contributed by atoms with Crippen LogP contribution in [0.5, 0.6) is 23.0 Å². The molecule has 1 amide bonds. The molecule has 0 aliphatic heterocycles. The molecule has 0 aromatic heterocycles. The number of para-hydroxylation sites is 1. The van der Waals surface area contributed by atoms with Crippen LogP contribution in [0.25, 0.3) is 0 Å². The maximum Gasteiger partial charge on any atom is 0.276 e. The molecule has 0 aliphatic rings. The number of nitrogens with zero attached hydrogens (tertiary/aromatic N) is 3. The fraction of sp³-hybridized carbons (Fsp3) is 0.300. The maximum atomic E-state index is 12.9. The van der Waals surface area contributed by atoms with Crippen molar-refractivity contribution >= 4 is 34.8 Å². The third-order valence-corrected chi connectivity index (χ3v) is 4.37. The Bertz CT molecular complexity index is 906. The van der Waals surface area contributed by atoms with Gasteiger partial charge in [0, 0.05) is 30.0 Å². The van der Waals surface area contributed by atoms with Gasteiger partial charge in [0.1, 0.15) is 28.7 Å². The maximum absolute atomic E-state index is 12.9. The fourth-order valence-corrected chi connectivity index (χ4v) is 2.78. The monoisotopic (exact) mass is 435 g/mol. The van der Waals surface area contributed by atoms with E-state index in [1.807, 2.05) is 0 Å². The third kappa shape index (κ3) is 5.18. The van der Waals surface area contributed by atoms with Crippen molar-refractivity contribution in [3.05, 3.63) is 36.4 Å². The lowest BCUT2D eigenvalue weighted by Crippen LogP contribution is -2.36. The van der Waals surface area contributed by atoms with Crippen LogP contribution in [0.2, 0.25) is 0 Å². The van der Waals surface area contributed by atoms with Crippen LogP contribution in [0.15, 0.2) is 46.6 Å². The second-order valence-corrected chi connectivity index (χ2v) is 6.27. The van der Waals surface area contributed by atoms with Crippen LogP contribution in [0.1, 0.15) is 6.92 Å². The van der Waals surface area contributed by atoms with Gasteiger partial charge in [0.25, 0.3) is 5.91 Å². The average molecular weight is 436 g/mol. The van der Waals surface area contributed by atoms with Crippen LogP contribution in [0, 0.1) is 0 Å².